The number of carbonyl (C=O) groups excluding carboxylic acids is 2. The molecule has 1 saturated carbocycles. The van der Waals surface area contributed by atoms with E-state index in [1.165, 1.54) is 12.1 Å². The van der Waals surface area contributed by atoms with E-state index in [0.29, 0.717) is 41.2 Å². The summed E-state index contributed by atoms with van der Waals surface area (Å²) in [5.41, 5.74) is 0.370. The lowest BCUT2D eigenvalue weighted by Crippen LogP contribution is -2.73. The molecule has 268 valence electrons. The molecule has 0 radical (unpaired) electrons. The molecule has 1 aliphatic carbocycles. The van der Waals surface area contributed by atoms with Crippen LogP contribution in [0.3, 0.4) is 0 Å². The van der Waals surface area contributed by atoms with Crippen LogP contribution in [0.4, 0.5) is 4.39 Å². The van der Waals surface area contributed by atoms with Gasteiger partial charge in [-0.1, -0.05) is 65.9 Å². The lowest BCUT2D eigenvalue weighted by Gasteiger charge is -2.53. The van der Waals surface area contributed by atoms with Crippen LogP contribution in [0.25, 0.3) is 0 Å². The zero-order valence-corrected chi connectivity index (χ0v) is 31.1. The van der Waals surface area contributed by atoms with E-state index in [2.05, 4.69) is 33.1 Å². The molecule has 2 amide bonds. The lowest BCUT2D eigenvalue weighted by atomic mass is 9.75. The maximum atomic E-state index is 15.1. The largest absolute Gasteiger partial charge is 0.492 e. The standard InChI is InChI=1S/C40H42BrClFN3O5/c1-39(2,38(49)50)21-19-35(47)46-25-30-9-5-20-40(44-30,37(48)45(31-16-17-31)24-28-8-3-4-10-33(28)42)36(46)27-13-11-26(12-14-27)7-6-22-51-34-23-29(43)15-18-32(34)41/h3-4,8,10-15,18,23,30-31,36,44H,6-7,16-17,19-22,24-25H2,1-2H3,(H,49,50)/t30-,36?,40+/m0/s1. The van der Waals surface area contributed by atoms with E-state index in [9.17, 15) is 19.1 Å². The van der Waals surface area contributed by atoms with Crippen LogP contribution in [-0.2, 0) is 27.3 Å². The molecular weight excluding hydrogens is 737 g/mol. The number of aliphatic carboxylic acids is 1. The van der Waals surface area contributed by atoms with E-state index in [-0.39, 0.29) is 49.5 Å². The molecule has 3 aromatic carbocycles. The number of carbonyl (C=O) groups is 3. The molecule has 2 heterocycles. The summed E-state index contributed by atoms with van der Waals surface area (Å²) in [6, 6.07) is 18.8. The highest BCUT2D eigenvalue weighted by molar-refractivity contribution is 9.10. The number of hydrogen-bond acceptors (Lipinski definition) is 5. The van der Waals surface area contributed by atoms with Gasteiger partial charge in [-0.25, -0.2) is 4.39 Å². The van der Waals surface area contributed by atoms with E-state index in [1.54, 1.807) is 24.8 Å². The van der Waals surface area contributed by atoms with Crippen molar-refractivity contribution < 1.29 is 28.6 Å². The molecule has 3 atom stereocenters. The molecule has 2 bridgehead atoms. The number of piperazine rings is 1. The summed E-state index contributed by atoms with van der Waals surface area (Å²) < 4.78 is 20.2. The number of benzene rings is 3. The maximum Gasteiger partial charge on any atom is 0.309 e. The minimum Gasteiger partial charge on any atom is -0.492 e. The van der Waals surface area contributed by atoms with Crippen molar-refractivity contribution in [2.45, 2.75) is 89.0 Å². The van der Waals surface area contributed by atoms with Gasteiger partial charge in [0.15, 0.2) is 0 Å². The summed E-state index contributed by atoms with van der Waals surface area (Å²) in [4.78, 5) is 44.8. The zero-order valence-electron chi connectivity index (χ0n) is 28.8. The Morgan fingerprint density at radius 1 is 1.14 bits per heavy atom. The molecule has 8 nitrogen and oxygen atoms in total. The smallest absolute Gasteiger partial charge is 0.309 e. The van der Waals surface area contributed by atoms with Gasteiger partial charge in [0.05, 0.1) is 28.6 Å². The Morgan fingerprint density at radius 2 is 1.88 bits per heavy atom. The third kappa shape index (κ3) is 8.27. The Hall–Kier alpha value is -3.91. The summed E-state index contributed by atoms with van der Waals surface area (Å²) in [6.45, 7) is 4.23. The van der Waals surface area contributed by atoms with Crippen molar-refractivity contribution in [3.05, 3.63) is 98.7 Å². The van der Waals surface area contributed by atoms with Crippen molar-refractivity contribution in [1.29, 1.82) is 0 Å². The van der Waals surface area contributed by atoms with Crippen molar-refractivity contribution in [2.75, 3.05) is 13.2 Å². The fourth-order valence-electron chi connectivity index (χ4n) is 6.91. The van der Waals surface area contributed by atoms with Gasteiger partial charge < -0.3 is 19.6 Å². The second-order valence-corrected chi connectivity index (χ2v) is 15.6. The van der Waals surface area contributed by atoms with Crippen LogP contribution < -0.4 is 10.1 Å². The molecule has 3 aliphatic rings. The van der Waals surface area contributed by atoms with Crippen molar-refractivity contribution in [3.63, 3.8) is 0 Å². The predicted octanol–water partition coefficient (Wildman–Crippen LogP) is 7.32. The highest BCUT2D eigenvalue weighted by Crippen LogP contribution is 2.44. The molecule has 11 heteroatoms. The van der Waals surface area contributed by atoms with Gasteiger partial charge in [-0.05, 0) is 96.8 Å². The Bertz CT molecular complexity index is 1860. The average Bonchev–Trinajstić information content (AvgIpc) is 3.96. The van der Waals surface area contributed by atoms with Crippen LogP contribution >= 0.6 is 27.5 Å². The van der Waals surface area contributed by atoms with Gasteiger partial charge in [0.25, 0.3) is 0 Å². The number of amides is 2. The van der Waals surface area contributed by atoms with E-state index in [4.69, 9.17) is 16.3 Å². The van der Waals surface area contributed by atoms with Gasteiger partial charge in [0.1, 0.15) is 17.1 Å². The molecule has 1 saturated heterocycles. The zero-order chi connectivity index (χ0) is 36.3. The highest BCUT2D eigenvalue weighted by Gasteiger charge is 2.57. The van der Waals surface area contributed by atoms with Gasteiger partial charge >= 0.3 is 5.97 Å². The molecule has 3 aromatic rings. The van der Waals surface area contributed by atoms with Crippen LogP contribution in [0.2, 0.25) is 5.02 Å². The fourth-order valence-corrected chi connectivity index (χ4v) is 7.47. The Kier molecular flexibility index (Phi) is 11.1. The number of hydrogen-bond donors (Lipinski definition) is 2. The normalized spacial score (nSPS) is 21.0. The molecule has 51 heavy (non-hydrogen) atoms. The second kappa shape index (κ2) is 15.4. The summed E-state index contributed by atoms with van der Waals surface area (Å²) in [6.07, 6.45) is 3.54. The van der Waals surface area contributed by atoms with Gasteiger partial charge in [0, 0.05) is 43.1 Å². The van der Waals surface area contributed by atoms with Gasteiger partial charge in [-0.15, -0.1) is 0 Å². The van der Waals surface area contributed by atoms with Crippen LogP contribution in [0.15, 0.2) is 71.2 Å². The minimum absolute atomic E-state index is 0.0195. The summed E-state index contributed by atoms with van der Waals surface area (Å²) in [5, 5.41) is 13.9. The minimum atomic E-state index is -1.23. The van der Waals surface area contributed by atoms with Crippen molar-refractivity contribution in [2.24, 2.45) is 5.41 Å². The molecule has 0 aromatic heterocycles. The number of nitrogens with one attached hydrogen (secondary N) is 1. The highest BCUT2D eigenvalue weighted by atomic mass is 79.9. The van der Waals surface area contributed by atoms with Crippen molar-refractivity contribution >= 4 is 45.3 Å². The van der Waals surface area contributed by atoms with E-state index in [1.807, 2.05) is 53.4 Å². The number of carboxylic acid groups (broad SMARTS) is 1. The van der Waals surface area contributed by atoms with Crippen LogP contribution in [0.1, 0.15) is 75.1 Å². The molecule has 6 rings (SSSR count). The monoisotopic (exact) mass is 777 g/mol. The van der Waals surface area contributed by atoms with Crippen molar-refractivity contribution in [1.82, 2.24) is 15.1 Å². The summed E-state index contributed by atoms with van der Waals surface area (Å²) >= 11 is 9.97. The Labute approximate surface area is 311 Å². The number of aryl methyl sites for hydroxylation is 1. The molecule has 0 spiro atoms. The third-order valence-electron chi connectivity index (χ3n) is 10.1. The van der Waals surface area contributed by atoms with Crippen LogP contribution in [0.5, 0.6) is 5.75 Å². The average molecular weight is 779 g/mol. The fraction of sp³-hybridized carbons (Fsp3) is 0.425. The van der Waals surface area contributed by atoms with Crippen LogP contribution in [-0.4, -0.2) is 63.5 Å². The first-order valence-electron chi connectivity index (χ1n) is 17.4. The van der Waals surface area contributed by atoms with E-state index in [0.717, 1.165) is 29.5 Å². The first-order chi connectivity index (χ1) is 24.4. The second-order valence-electron chi connectivity index (χ2n) is 14.3. The first-order valence-corrected chi connectivity index (χ1v) is 18.6. The number of fused-ring (bicyclic) bond motifs is 2. The van der Waals surface area contributed by atoms with Gasteiger partial charge in [-0.3, -0.25) is 19.7 Å². The summed E-state index contributed by atoms with van der Waals surface area (Å²) in [7, 11) is 0. The molecule has 2 N–H and O–H groups in total. The molecular formula is C40H42BrClFN3O5. The topological polar surface area (TPSA) is 99.2 Å². The van der Waals surface area contributed by atoms with E-state index < -0.39 is 29.0 Å². The van der Waals surface area contributed by atoms with Crippen LogP contribution in [0, 0.1) is 23.1 Å². The summed E-state index contributed by atoms with van der Waals surface area (Å²) in [5.74, 6) is 5.23. The molecule has 2 fully saturated rings. The van der Waals surface area contributed by atoms with E-state index >= 15 is 4.79 Å². The third-order valence-corrected chi connectivity index (χ3v) is 11.1. The van der Waals surface area contributed by atoms with Gasteiger partial charge in [0.2, 0.25) is 11.8 Å². The number of rotatable bonds is 14. The molecule has 2 aliphatic heterocycles. The Balaban J connectivity index is 1.29. The van der Waals surface area contributed by atoms with Crippen molar-refractivity contribution in [3.8, 4) is 17.6 Å². The quantitative estimate of drug-likeness (QED) is 0.132. The molecule has 1 unspecified atom stereocenters. The SMILES string of the molecule is CC(C)(CCC(=O)N1C[C@@H]2C#CC[C@@](C(=O)N(Cc3ccccc3Cl)C3CC3)(N2)C1c1ccc(CCCOc2cc(F)ccc2Br)cc1)C(=O)O. The number of carboxylic acids is 1. The maximum absolute atomic E-state index is 15.1. The first kappa shape index (κ1) is 36.9. The lowest BCUT2D eigenvalue weighted by molar-refractivity contribution is -0.152. The number of ether oxygens (including phenoxy) is 1. The Morgan fingerprint density at radius 3 is 2.59 bits per heavy atom. The predicted molar refractivity (Wildman–Crippen MR) is 197 cm³/mol. The van der Waals surface area contributed by atoms with Gasteiger partial charge in [-0.2, -0.15) is 0 Å². The number of halogens is 3. The number of nitrogens with zero attached hydrogens (tertiary/aromatic N) is 2.